The predicted octanol–water partition coefficient (Wildman–Crippen LogP) is 14.3. The first-order chi connectivity index (χ1) is 29.1. The summed E-state index contributed by atoms with van der Waals surface area (Å²) >= 11 is 0. The second-order valence-electron chi connectivity index (χ2n) is 16.2. The van der Waals surface area contributed by atoms with Crippen molar-refractivity contribution in [3.05, 3.63) is 223 Å². The highest BCUT2D eigenvalue weighted by Crippen LogP contribution is 2.51. The van der Waals surface area contributed by atoms with Gasteiger partial charge in [0.15, 0.2) is 5.82 Å². The molecule has 0 radical (unpaired) electrons. The van der Waals surface area contributed by atoms with Gasteiger partial charge < -0.3 is 0 Å². The molecule has 0 N–H and O–H groups in total. The SMILES string of the molecule is CC12C=CC=CC1c1ccccc1C(C1=CC=C(c3cc(-c4ccc(-c5cncc6ccccc56)cc4)nc(-c4cccc(-c5cccc6ccccc56)c4)n3)CC1)=C2. The lowest BCUT2D eigenvalue weighted by Crippen LogP contribution is -2.26. The highest BCUT2D eigenvalue weighted by molar-refractivity contribution is 5.98. The van der Waals surface area contributed by atoms with Crippen molar-refractivity contribution in [1.29, 1.82) is 0 Å². The third kappa shape index (κ3) is 6.27. The molecule has 0 spiro atoms. The van der Waals surface area contributed by atoms with Gasteiger partial charge in [0.1, 0.15) is 0 Å². The molecule has 2 aromatic heterocycles. The molecule has 0 fully saturated rings. The highest BCUT2D eigenvalue weighted by atomic mass is 14.9. The largest absolute Gasteiger partial charge is 0.263 e. The van der Waals surface area contributed by atoms with Crippen LogP contribution in [0.2, 0.25) is 0 Å². The molecule has 2 unspecified atom stereocenters. The van der Waals surface area contributed by atoms with Gasteiger partial charge in [-0.05, 0) is 85.7 Å². The number of nitrogens with zero attached hydrogens (tertiary/aromatic N) is 3. The second kappa shape index (κ2) is 14.3. The third-order valence-electron chi connectivity index (χ3n) is 12.5. The van der Waals surface area contributed by atoms with Crippen LogP contribution in [0.5, 0.6) is 0 Å². The van der Waals surface area contributed by atoms with Crippen molar-refractivity contribution in [2.24, 2.45) is 5.41 Å². The number of hydrogen-bond acceptors (Lipinski definition) is 3. The van der Waals surface area contributed by atoms with Gasteiger partial charge >= 0.3 is 0 Å². The smallest absolute Gasteiger partial charge is 0.160 e. The van der Waals surface area contributed by atoms with E-state index in [2.05, 4.69) is 200 Å². The lowest BCUT2D eigenvalue weighted by atomic mass is 9.64. The molecule has 0 amide bonds. The monoisotopic (exact) mass is 755 g/mol. The molecule has 3 heteroatoms. The molecule has 11 rings (SSSR count). The zero-order valence-electron chi connectivity index (χ0n) is 32.9. The highest BCUT2D eigenvalue weighted by Gasteiger charge is 2.37. The van der Waals surface area contributed by atoms with Crippen LogP contribution in [0, 0.1) is 5.41 Å². The van der Waals surface area contributed by atoms with Crippen LogP contribution in [0.1, 0.15) is 42.5 Å². The standard InChI is InChI=1S/C56H41N3/c1-56-31-9-8-22-52(56)49-20-7-6-19-48(49)50(34-56)38-23-27-40(28-24-38)53-33-54(41-29-25-39(26-30-41)51-36-57-35-44-13-3-5-18-47(44)51)59-55(58-53)43-16-10-15-42(32-43)46-21-11-14-37-12-2-4-17-45(37)46/h2-23,25-27,29-36,52H,24,28H2,1H3. The number of pyridine rings is 1. The molecule has 8 aromatic rings. The van der Waals surface area contributed by atoms with Crippen molar-refractivity contribution < 1.29 is 0 Å². The maximum absolute atomic E-state index is 5.34. The number of benzene rings is 6. The Kier molecular flexibility index (Phi) is 8.48. The van der Waals surface area contributed by atoms with E-state index in [1.807, 2.05) is 12.4 Å². The van der Waals surface area contributed by atoms with Crippen LogP contribution in [0.3, 0.4) is 0 Å². The molecule has 280 valence electrons. The Balaban J connectivity index is 1.01. The number of rotatable bonds is 6. The maximum Gasteiger partial charge on any atom is 0.160 e. The lowest BCUT2D eigenvalue weighted by Gasteiger charge is -2.40. The van der Waals surface area contributed by atoms with Crippen molar-refractivity contribution in [2.75, 3.05) is 0 Å². The summed E-state index contributed by atoms with van der Waals surface area (Å²) in [5, 5.41) is 4.78. The Labute approximate surface area is 345 Å². The van der Waals surface area contributed by atoms with E-state index >= 15 is 0 Å². The molecule has 0 saturated heterocycles. The first-order valence-electron chi connectivity index (χ1n) is 20.6. The molecule has 59 heavy (non-hydrogen) atoms. The van der Waals surface area contributed by atoms with E-state index in [4.69, 9.17) is 9.97 Å². The lowest BCUT2D eigenvalue weighted by molar-refractivity contribution is 0.478. The van der Waals surface area contributed by atoms with Crippen LogP contribution in [0.25, 0.3) is 77.6 Å². The molecule has 3 nitrogen and oxygen atoms in total. The number of allylic oxidation sites excluding steroid dienone is 10. The summed E-state index contributed by atoms with van der Waals surface area (Å²) in [7, 11) is 0. The van der Waals surface area contributed by atoms with Crippen LogP contribution in [0.15, 0.2) is 206 Å². The Morgan fingerprint density at radius 3 is 2.07 bits per heavy atom. The van der Waals surface area contributed by atoms with Crippen molar-refractivity contribution in [3.8, 4) is 44.9 Å². The fourth-order valence-electron chi connectivity index (χ4n) is 9.43. The molecule has 2 atom stereocenters. The molecule has 0 bridgehead atoms. The molecule has 6 aromatic carbocycles. The van der Waals surface area contributed by atoms with E-state index in [1.54, 1.807) is 0 Å². The number of aromatic nitrogens is 3. The minimum Gasteiger partial charge on any atom is -0.263 e. The van der Waals surface area contributed by atoms with Gasteiger partial charge in [-0.3, -0.25) is 4.98 Å². The molecule has 3 aliphatic rings. The molecule has 2 heterocycles. The van der Waals surface area contributed by atoms with Gasteiger partial charge in [-0.15, -0.1) is 0 Å². The van der Waals surface area contributed by atoms with Crippen LogP contribution >= 0.6 is 0 Å². The van der Waals surface area contributed by atoms with Crippen LogP contribution in [-0.4, -0.2) is 15.0 Å². The van der Waals surface area contributed by atoms with Gasteiger partial charge in [-0.1, -0.05) is 183 Å². The van der Waals surface area contributed by atoms with E-state index in [0.717, 1.165) is 63.3 Å². The summed E-state index contributed by atoms with van der Waals surface area (Å²) in [4.78, 5) is 15.2. The summed E-state index contributed by atoms with van der Waals surface area (Å²) < 4.78 is 0. The summed E-state index contributed by atoms with van der Waals surface area (Å²) in [5.74, 6) is 1.06. The average molecular weight is 756 g/mol. The molecule has 3 aliphatic carbocycles. The Morgan fingerprint density at radius 2 is 1.20 bits per heavy atom. The predicted molar refractivity (Wildman–Crippen MR) is 245 cm³/mol. The van der Waals surface area contributed by atoms with E-state index < -0.39 is 0 Å². The minimum atomic E-state index is -0.0556. The maximum atomic E-state index is 5.34. The molecular weight excluding hydrogens is 715 g/mol. The summed E-state index contributed by atoms with van der Waals surface area (Å²) in [6.45, 7) is 2.36. The fourth-order valence-corrected chi connectivity index (χ4v) is 9.43. The van der Waals surface area contributed by atoms with Crippen molar-refractivity contribution in [3.63, 3.8) is 0 Å². The van der Waals surface area contributed by atoms with Crippen molar-refractivity contribution >= 4 is 32.7 Å². The van der Waals surface area contributed by atoms with E-state index in [-0.39, 0.29) is 5.41 Å². The van der Waals surface area contributed by atoms with Crippen molar-refractivity contribution in [2.45, 2.75) is 25.7 Å². The molecular formula is C56H41N3. The normalized spacial score (nSPS) is 18.2. The Morgan fingerprint density at radius 1 is 0.525 bits per heavy atom. The van der Waals surface area contributed by atoms with Gasteiger partial charge in [-0.2, -0.15) is 0 Å². The van der Waals surface area contributed by atoms with Gasteiger partial charge in [0.05, 0.1) is 11.4 Å². The number of fused-ring (bicyclic) bond motifs is 5. The van der Waals surface area contributed by atoms with Crippen molar-refractivity contribution in [1.82, 2.24) is 15.0 Å². The topological polar surface area (TPSA) is 38.7 Å². The quantitative estimate of drug-likeness (QED) is 0.170. The van der Waals surface area contributed by atoms with E-state index in [1.165, 1.54) is 49.6 Å². The van der Waals surface area contributed by atoms with Gasteiger partial charge in [0, 0.05) is 45.8 Å². The number of hydrogen-bond donors (Lipinski definition) is 0. The first kappa shape index (κ1) is 35.0. The van der Waals surface area contributed by atoms with Crippen LogP contribution in [0.4, 0.5) is 0 Å². The zero-order valence-corrected chi connectivity index (χ0v) is 32.9. The summed E-state index contributed by atoms with van der Waals surface area (Å²) in [6, 6.07) is 52.1. The van der Waals surface area contributed by atoms with E-state index in [9.17, 15) is 0 Å². The van der Waals surface area contributed by atoms with Crippen LogP contribution < -0.4 is 0 Å². The van der Waals surface area contributed by atoms with Gasteiger partial charge in [0.2, 0.25) is 0 Å². The third-order valence-corrected chi connectivity index (χ3v) is 12.5. The minimum absolute atomic E-state index is 0.0556. The zero-order chi connectivity index (χ0) is 39.3. The summed E-state index contributed by atoms with van der Waals surface area (Å²) in [5.41, 5.74) is 15.1. The Bertz CT molecular complexity index is 3110. The fraction of sp³-hybridized carbons (Fsp3) is 0.0893. The summed E-state index contributed by atoms with van der Waals surface area (Å²) in [6.07, 6.45) is 22.0. The first-order valence-corrected chi connectivity index (χ1v) is 20.6. The van der Waals surface area contributed by atoms with Gasteiger partial charge in [0.25, 0.3) is 0 Å². The average Bonchev–Trinajstić information content (AvgIpc) is 3.31. The molecule has 0 aliphatic heterocycles. The van der Waals surface area contributed by atoms with Crippen LogP contribution in [-0.2, 0) is 0 Å². The Hall–Kier alpha value is -7.23. The van der Waals surface area contributed by atoms with E-state index in [0.29, 0.717) is 5.92 Å². The van der Waals surface area contributed by atoms with Gasteiger partial charge in [-0.25, -0.2) is 9.97 Å². The molecule has 0 saturated carbocycles. The second-order valence-corrected chi connectivity index (χ2v) is 16.2.